The Kier molecular flexibility index (Phi) is 8.32. The Bertz CT molecular complexity index is 1230. The van der Waals surface area contributed by atoms with Gasteiger partial charge in [-0.15, -0.1) is 0 Å². The number of hydrogen-bond acceptors (Lipinski definition) is 4. The average molecular weight is 482 g/mol. The van der Waals surface area contributed by atoms with E-state index in [4.69, 9.17) is 0 Å². The van der Waals surface area contributed by atoms with Gasteiger partial charge in [0, 0.05) is 49.9 Å². The summed E-state index contributed by atoms with van der Waals surface area (Å²) in [5.74, 6) is 2.27. The van der Waals surface area contributed by atoms with Crippen LogP contribution in [-0.2, 0) is 9.59 Å². The highest BCUT2D eigenvalue weighted by molar-refractivity contribution is 6.06. The maximum Gasteiger partial charge on any atom is 0.258 e. The SMILES string of the molecule is CC(=O)Nc1ccccc1C1CCN(C(=C=O)CCN(C(=O)c2ccccc2)c2ccccc2)CC1. The fourth-order valence-corrected chi connectivity index (χ4v) is 4.80. The van der Waals surface area contributed by atoms with E-state index >= 15 is 0 Å². The molecule has 3 aromatic rings. The molecule has 0 radical (unpaired) electrons. The Hall–Kier alpha value is -4.15. The van der Waals surface area contributed by atoms with Crippen molar-refractivity contribution >= 4 is 29.1 Å². The van der Waals surface area contributed by atoms with Crippen LogP contribution in [0, 0.1) is 0 Å². The number of anilines is 2. The lowest BCUT2D eigenvalue weighted by atomic mass is 9.88. The molecule has 1 N–H and O–H groups in total. The number of para-hydroxylation sites is 2. The first kappa shape index (κ1) is 25.0. The quantitative estimate of drug-likeness (QED) is 0.445. The number of amides is 2. The van der Waals surface area contributed by atoms with Gasteiger partial charge in [-0.25, -0.2) is 4.79 Å². The Balaban J connectivity index is 1.43. The van der Waals surface area contributed by atoms with Crippen LogP contribution in [-0.4, -0.2) is 42.3 Å². The molecule has 4 rings (SSSR count). The summed E-state index contributed by atoms with van der Waals surface area (Å²) in [5, 5.41) is 2.93. The summed E-state index contributed by atoms with van der Waals surface area (Å²) >= 11 is 0. The van der Waals surface area contributed by atoms with Crippen molar-refractivity contribution in [3.05, 3.63) is 102 Å². The molecule has 0 spiro atoms. The van der Waals surface area contributed by atoms with Crippen molar-refractivity contribution in [2.45, 2.75) is 32.1 Å². The number of rotatable bonds is 8. The topological polar surface area (TPSA) is 69.7 Å². The van der Waals surface area contributed by atoms with E-state index in [1.165, 1.54) is 6.92 Å². The summed E-state index contributed by atoms with van der Waals surface area (Å²) in [6.45, 7) is 3.35. The number of carbonyl (C=O) groups excluding carboxylic acids is 3. The summed E-state index contributed by atoms with van der Waals surface area (Å²) < 4.78 is 0. The zero-order valence-electron chi connectivity index (χ0n) is 20.5. The molecule has 0 unspecified atom stereocenters. The van der Waals surface area contributed by atoms with E-state index in [0.29, 0.717) is 30.1 Å². The molecule has 0 aliphatic carbocycles. The van der Waals surface area contributed by atoms with Crippen LogP contribution in [0.25, 0.3) is 0 Å². The van der Waals surface area contributed by atoms with Crippen molar-refractivity contribution in [3.63, 3.8) is 0 Å². The van der Waals surface area contributed by atoms with Gasteiger partial charge in [-0.2, -0.15) is 0 Å². The van der Waals surface area contributed by atoms with Crippen molar-refractivity contribution in [2.24, 2.45) is 0 Å². The van der Waals surface area contributed by atoms with E-state index in [9.17, 15) is 14.4 Å². The zero-order valence-corrected chi connectivity index (χ0v) is 20.5. The first-order valence-corrected chi connectivity index (χ1v) is 12.3. The van der Waals surface area contributed by atoms with Gasteiger partial charge in [0.1, 0.15) is 11.6 Å². The van der Waals surface area contributed by atoms with E-state index in [-0.39, 0.29) is 11.8 Å². The molecule has 3 aromatic carbocycles. The lowest BCUT2D eigenvalue weighted by molar-refractivity contribution is -0.114. The largest absolute Gasteiger partial charge is 0.366 e. The van der Waals surface area contributed by atoms with Gasteiger partial charge in [-0.05, 0) is 54.7 Å². The van der Waals surface area contributed by atoms with Crippen LogP contribution < -0.4 is 10.2 Å². The standard InChI is InChI=1S/C30H31N3O3/c1-23(35)31-29-15-9-8-14-28(29)24-16-19-32(20-17-24)27(22-34)18-21-33(26-12-6-3-7-13-26)30(36)25-10-4-2-5-11-25/h2-15,24H,16-21H2,1H3,(H,31,35). The third-order valence-electron chi connectivity index (χ3n) is 6.61. The molecule has 2 amide bonds. The molecule has 1 saturated heterocycles. The molecule has 1 fully saturated rings. The van der Waals surface area contributed by atoms with Crippen LogP contribution >= 0.6 is 0 Å². The van der Waals surface area contributed by atoms with Crippen LogP contribution in [0.5, 0.6) is 0 Å². The highest BCUT2D eigenvalue weighted by Crippen LogP contribution is 2.34. The second-order valence-corrected chi connectivity index (χ2v) is 8.99. The van der Waals surface area contributed by atoms with Crippen molar-refractivity contribution < 1.29 is 14.4 Å². The second-order valence-electron chi connectivity index (χ2n) is 8.99. The van der Waals surface area contributed by atoms with Gasteiger partial charge in [0.05, 0.1) is 0 Å². The number of benzene rings is 3. The molecular formula is C30H31N3O3. The highest BCUT2D eigenvalue weighted by Gasteiger charge is 2.25. The first-order chi connectivity index (χ1) is 17.6. The van der Waals surface area contributed by atoms with Gasteiger partial charge < -0.3 is 15.1 Å². The molecule has 6 nitrogen and oxygen atoms in total. The van der Waals surface area contributed by atoms with Crippen LogP contribution in [0.3, 0.4) is 0 Å². The Morgan fingerprint density at radius 1 is 0.917 bits per heavy atom. The van der Waals surface area contributed by atoms with Crippen LogP contribution in [0.1, 0.15) is 48.0 Å². The number of carbonyl (C=O) groups is 2. The zero-order chi connectivity index (χ0) is 25.3. The molecule has 0 bridgehead atoms. The van der Waals surface area contributed by atoms with E-state index in [1.54, 1.807) is 17.0 Å². The first-order valence-electron chi connectivity index (χ1n) is 12.3. The molecule has 0 saturated carbocycles. The minimum absolute atomic E-state index is 0.0842. The minimum atomic E-state index is -0.0969. The molecule has 1 heterocycles. The molecular weight excluding hydrogens is 450 g/mol. The lowest BCUT2D eigenvalue weighted by Crippen LogP contribution is -2.36. The second kappa shape index (κ2) is 12.0. The monoisotopic (exact) mass is 481 g/mol. The summed E-state index contributed by atoms with van der Waals surface area (Å²) in [6.07, 6.45) is 2.16. The van der Waals surface area contributed by atoms with Crippen molar-refractivity contribution in [1.29, 1.82) is 0 Å². The maximum atomic E-state index is 13.3. The predicted octanol–water partition coefficient (Wildman–Crippen LogP) is 5.28. The van der Waals surface area contributed by atoms with E-state index in [2.05, 4.69) is 22.2 Å². The molecule has 36 heavy (non-hydrogen) atoms. The summed E-state index contributed by atoms with van der Waals surface area (Å²) in [4.78, 5) is 40.7. The van der Waals surface area contributed by atoms with Gasteiger partial charge in [0.2, 0.25) is 5.91 Å². The lowest BCUT2D eigenvalue weighted by Gasteiger charge is -2.35. The van der Waals surface area contributed by atoms with E-state index in [0.717, 1.165) is 42.9 Å². The molecule has 0 aromatic heterocycles. The van der Waals surface area contributed by atoms with Crippen LogP contribution in [0.2, 0.25) is 0 Å². The molecule has 0 atom stereocenters. The fourth-order valence-electron chi connectivity index (χ4n) is 4.80. The summed E-state index contributed by atoms with van der Waals surface area (Å²) in [5.41, 5.74) is 3.98. The maximum absolute atomic E-state index is 13.3. The Labute approximate surface area is 212 Å². The van der Waals surface area contributed by atoms with Crippen LogP contribution in [0.15, 0.2) is 90.6 Å². The Morgan fingerprint density at radius 2 is 1.53 bits per heavy atom. The smallest absolute Gasteiger partial charge is 0.258 e. The normalized spacial score (nSPS) is 13.5. The molecule has 1 aliphatic heterocycles. The third-order valence-corrected chi connectivity index (χ3v) is 6.61. The van der Waals surface area contributed by atoms with Crippen LogP contribution in [0.4, 0.5) is 11.4 Å². The number of piperidine rings is 1. The van der Waals surface area contributed by atoms with Gasteiger partial charge in [-0.1, -0.05) is 54.6 Å². The summed E-state index contributed by atoms with van der Waals surface area (Å²) in [7, 11) is 0. The average Bonchev–Trinajstić information content (AvgIpc) is 2.92. The van der Waals surface area contributed by atoms with E-state index in [1.807, 2.05) is 66.7 Å². The molecule has 1 aliphatic rings. The Morgan fingerprint density at radius 3 is 2.17 bits per heavy atom. The summed E-state index contributed by atoms with van der Waals surface area (Å²) in [6, 6.07) is 26.6. The minimum Gasteiger partial charge on any atom is -0.366 e. The fraction of sp³-hybridized carbons (Fsp3) is 0.267. The van der Waals surface area contributed by atoms with Gasteiger partial charge in [0.15, 0.2) is 0 Å². The van der Waals surface area contributed by atoms with E-state index < -0.39 is 0 Å². The number of nitrogens with one attached hydrogen (secondary N) is 1. The number of nitrogens with zero attached hydrogens (tertiary/aromatic N) is 2. The van der Waals surface area contributed by atoms with Crippen molar-refractivity contribution in [3.8, 4) is 0 Å². The third kappa shape index (κ3) is 6.09. The molecule has 6 heteroatoms. The van der Waals surface area contributed by atoms with Crippen molar-refractivity contribution in [2.75, 3.05) is 29.9 Å². The number of hydrogen-bond donors (Lipinski definition) is 1. The van der Waals surface area contributed by atoms with Gasteiger partial charge in [0.25, 0.3) is 5.91 Å². The van der Waals surface area contributed by atoms with Gasteiger partial charge in [-0.3, -0.25) is 9.59 Å². The number of likely N-dealkylation sites (tertiary alicyclic amines) is 1. The predicted molar refractivity (Wildman–Crippen MR) is 143 cm³/mol. The molecule has 184 valence electrons. The van der Waals surface area contributed by atoms with Gasteiger partial charge >= 0.3 is 0 Å². The highest BCUT2D eigenvalue weighted by atomic mass is 16.2. The van der Waals surface area contributed by atoms with Crippen molar-refractivity contribution in [1.82, 2.24) is 4.90 Å².